The second kappa shape index (κ2) is 8.96. The highest BCUT2D eigenvalue weighted by Crippen LogP contribution is 2.38. The summed E-state index contributed by atoms with van der Waals surface area (Å²) < 4.78 is 32.3. The fourth-order valence-electron chi connectivity index (χ4n) is 3.85. The molecule has 0 heterocycles. The van der Waals surface area contributed by atoms with E-state index in [4.69, 9.17) is 4.74 Å². The lowest BCUT2D eigenvalue weighted by Crippen LogP contribution is -2.36. The lowest BCUT2D eigenvalue weighted by molar-refractivity contribution is 0.0975. The number of anilines is 1. The zero-order valence-corrected chi connectivity index (χ0v) is 17.5. The number of nitrogens with one attached hydrogen (secondary N) is 2. The normalized spacial score (nSPS) is 17.1. The number of fused-ring (bicyclic) bond motifs is 2. The molecule has 0 aromatic heterocycles. The predicted molar refractivity (Wildman–Crippen MR) is 112 cm³/mol. The Morgan fingerprint density at radius 3 is 2.41 bits per heavy atom. The van der Waals surface area contributed by atoms with E-state index in [9.17, 15) is 18.3 Å². The van der Waals surface area contributed by atoms with Crippen molar-refractivity contribution in [2.45, 2.75) is 51.6 Å². The molecule has 1 atom stereocenters. The van der Waals surface area contributed by atoms with Crippen molar-refractivity contribution in [1.29, 1.82) is 0 Å². The Balaban J connectivity index is 1.78. The first-order chi connectivity index (χ1) is 13.8. The van der Waals surface area contributed by atoms with Crippen LogP contribution in [0.3, 0.4) is 0 Å². The fraction of sp³-hybridized carbons (Fsp3) is 0.500. The molecule has 2 aliphatic rings. The molecule has 3 rings (SSSR count). The van der Waals surface area contributed by atoms with Gasteiger partial charge in [0.1, 0.15) is 17.8 Å². The van der Waals surface area contributed by atoms with E-state index >= 15 is 0 Å². The molecule has 8 nitrogen and oxygen atoms in total. The predicted octanol–water partition coefficient (Wildman–Crippen LogP) is 2.05. The van der Waals surface area contributed by atoms with Crippen molar-refractivity contribution < 1.29 is 23.1 Å². The van der Waals surface area contributed by atoms with Gasteiger partial charge in [-0.3, -0.25) is 4.99 Å². The van der Waals surface area contributed by atoms with E-state index in [1.54, 1.807) is 0 Å². The smallest absolute Gasteiger partial charge is 0.333 e. The van der Waals surface area contributed by atoms with Gasteiger partial charge in [0.15, 0.2) is 0 Å². The number of benzene rings is 1. The number of aliphatic hydroxyl groups is 1. The second-order valence-corrected chi connectivity index (χ2v) is 9.07. The van der Waals surface area contributed by atoms with Crippen LogP contribution in [0.2, 0.25) is 0 Å². The molecule has 29 heavy (non-hydrogen) atoms. The van der Waals surface area contributed by atoms with Crippen LogP contribution >= 0.6 is 0 Å². The molecule has 0 radical (unpaired) electrons. The van der Waals surface area contributed by atoms with Crippen LogP contribution in [-0.4, -0.2) is 45.5 Å². The molecule has 9 heteroatoms. The van der Waals surface area contributed by atoms with Crippen LogP contribution in [0.1, 0.15) is 42.0 Å². The minimum absolute atomic E-state index is 0.0783. The van der Waals surface area contributed by atoms with Gasteiger partial charge < -0.3 is 15.2 Å². The van der Waals surface area contributed by atoms with E-state index in [-0.39, 0.29) is 11.5 Å². The molecule has 1 aromatic rings. The van der Waals surface area contributed by atoms with E-state index in [0.29, 0.717) is 0 Å². The third kappa shape index (κ3) is 4.97. The Kier molecular flexibility index (Phi) is 6.59. The van der Waals surface area contributed by atoms with E-state index in [1.165, 1.54) is 25.1 Å². The van der Waals surface area contributed by atoms with Gasteiger partial charge in [-0.25, -0.2) is 17.9 Å². The molecule has 2 aliphatic carbocycles. The number of aliphatic imine (C=N–C) groups is 1. The quantitative estimate of drug-likeness (QED) is 0.460. The Morgan fingerprint density at radius 2 is 1.86 bits per heavy atom. The summed E-state index contributed by atoms with van der Waals surface area (Å²) in [5, 5.41) is 12.0. The van der Waals surface area contributed by atoms with Crippen molar-refractivity contribution in [2.75, 3.05) is 19.0 Å². The lowest BCUT2D eigenvalue weighted by atomic mass is 9.99. The number of aryl methyl sites for hydroxylation is 2. The first-order valence-electron chi connectivity index (χ1n) is 9.74. The molecule has 1 unspecified atom stereocenters. The standard InChI is InChI=1S/C20H27N3O5S/c1-13(24)11-28-12-16(10-21-2)29(26,27)23-20(25)22-19-17-7-3-5-14(17)9-15-6-4-8-18(15)19/h9-10,12-13,24H,3-8,11H2,1-2H3,(H2,22,23,25)/b16-12-,21-10?. The first-order valence-corrected chi connectivity index (χ1v) is 11.2. The minimum Gasteiger partial charge on any atom is -0.497 e. The Bertz CT molecular complexity index is 919. The molecule has 0 bridgehead atoms. The van der Waals surface area contributed by atoms with Crippen LogP contribution in [0.5, 0.6) is 0 Å². The van der Waals surface area contributed by atoms with Crippen LogP contribution in [0.25, 0.3) is 0 Å². The summed E-state index contributed by atoms with van der Waals surface area (Å²) in [4.78, 5) is 16.0. The minimum atomic E-state index is -4.19. The molecule has 0 spiro atoms. The first kappa shape index (κ1) is 21.3. The number of sulfonamides is 1. The molecule has 0 aliphatic heterocycles. The molecule has 1 aromatic carbocycles. The molecule has 0 fully saturated rings. The van der Waals surface area contributed by atoms with Gasteiger partial charge in [-0.15, -0.1) is 0 Å². The molecular formula is C20H27N3O5S. The van der Waals surface area contributed by atoms with Gasteiger partial charge in [0.25, 0.3) is 10.0 Å². The lowest BCUT2D eigenvalue weighted by Gasteiger charge is -2.16. The topological polar surface area (TPSA) is 117 Å². The fourth-order valence-corrected chi connectivity index (χ4v) is 4.70. The van der Waals surface area contributed by atoms with E-state index < -0.39 is 22.2 Å². The maximum Gasteiger partial charge on any atom is 0.333 e. The summed E-state index contributed by atoms with van der Waals surface area (Å²) in [6.45, 7) is 1.43. The van der Waals surface area contributed by atoms with E-state index in [0.717, 1.165) is 67.8 Å². The molecule has 0 saturated heterocycles. The molecular weight excluding hydrogens is 394 g/mol. The van der Waals surface area contributed by atoms with Crippen molar-refractivity contribution in [1.82, 2.24) is 4.72 Å². The average Bonchev–Trinajstić information content (AvgIpc) is 3.29. The number of hydrogen-bond donors (Lipinski definition) is 3. The number of hydrogen-bond acceptors (Lipinski definition) is 6. The van der Waals surface area contributed by atoms with Gasteiger partial charge in [-0.2, -0.15) is 0 Å². The zero-order chi connectivity index (χ0) is 21.0. The average molecular weight is 422 g/mol. The van der Waals surface area contributed by atoms with Gasteiger partial charge in [-0.05, 0) is 67.7 Å². The summed E-state index contributed by atoms with van der Waals surface area (Å²) in [5.41, 5.74) is 5.48. The zero-order valence-electron chi connectivity index (χ0n) is 16.7. The SMILES string of the molecule is CN=C/C(=C/OCC(C)O)S(=O)(=O)NC(=O)Nc1c2c(cc3c1CCC3)CCC2. The summed E-state index contributed by atoms with van der Waals surface area (Å²) in [7, 11) is -2.78. The highest BCUT2D eigenvalue weighted by molar-refractivity contribution is 7.94. The number of amides is 2. The van der Waals surface area contributed by atoms with E-state index in [2.05, 4.69) is 16.4 Å². The highest BCUT2D eigenvalue weighted by atomic mass is 32.2. The van der Waals surface area contributed by atoms with Gasteiger partial charge in [0.05, 0.1) is 6.10 Å². The summed E-state index contributed by atoms with van der Waals surface area (Å²) in [6, 6.07) is 1.42. The molecule has 3 N–H and O–H groups in total. The maximum absolute atomic E-state index is 12.6. The molecule has 158 valence electrons. The summed E-state index contributed by atoms with van der Waals surface area (Å²) in [5.74, 6) is 0. The second-order valence-electron chi connectivity index (χ2n) is 7.38. The molecule has 0 saturated carbocycles. The number of carbonyl (C=O) groups excluding carboxylic acids is 1. The third-order valence-corrected chi connectivity index (χ3v) is 6.32. The number of carbonyl (C=O) groups is 1. The summed E-state index contributed by atoms with van der Waals surface area (Å²) in [6.07, 6.45) is 7.09. The number of nitrogens with zero attached hydrogens (tertiary/aromatic N) is 1. The monoisotopic (exact) mass is 421 g/mol. The molecule has 2 amide bonds. The van der Waals surface area contributed by atoms with Crippen molar-refractivity contribution in [3.63, 3.8) is 0 Å². The van der Waals surface area contributed by atoms with Gasteiger partial charge >= 0.3 is 6.03 Å². The van der Waals surface area contributed by atoms with Gasteiger partial charge in [0, 0.05) is 18.9 Å². The number of allylic oxidation sites excluding steroid dienone is 1. The number of rotatable bonds is 7. The third-order valence-electron chi connectivity index (χ3n) is 5.04. The number of aliphatic hydroxyl groups excluding tert-OH is 1. The van der Waals surface area contributed by atoms with Crippen molar-refractivity contribution >= 4 is 28.0 Å². The maximum atomic E-state index is 12.6. The summed E-state index contributed by atoms with van der Waals surface area (Å²) >= 11 is 0. The number of ether oxygens (including phenoxy) is 1. The van der Waals surface area contributed by atoms with Gasteiger partial charge in [-0.1, -0.05) is 6.07 Å². The van der Waals surface area contributed by atoms with Crippen molar-refractivity contribution in [3.8, 4) is 0 Å². The van der Waals surface area contributed by atoms with Crippen molar-refractivity contribution in [3.05, 3.63) is 39.5 Å². The van der Waals surface area contributed by atoms with Crippen LogP contribution in [0, 0.1) is 0 Å². The number of urea groups is 1. The Hall–Kier alpha value is -2.39. The van der Waals surface area contributed by atoms with Crippen LogP contribution in [0.4, 0.5) is 10.5 Å². The van der Waals surface area contributed by atoms with Crippen LogP contribution in [-0.2, 0) is 40.4 Å². The van der Waals surface area contributed by atoms with Crippen LogP contribution < -0.4 is 10.0 Å². The van der Waals surface area contributed by atoms with Gasteiger partial charge in [0.2, 0.25) is 0 Å². The highest BCUT2D eigenvalue weighted by Gasteiger charge is 2.26. The van der Waals surface area contributed by atoms with Crippen molar-refractivity contribution in [2.24, 2.45) is 4.99 Å². The largest absolute Gasteiger partial charge is 0.497 e. The Labute approximate surface area is 171 Å². The van der Waals surface area contributed by atoms with Crippen LogP contribution in [0.15, 0.2) is 22.2 Å². The Morgan fingerprint density at radius 1 is 1.24 bits per heavy atom. The van der Waals surface area contributed by atoms with E-state index in [1.807, 2.05) is 4.72 Å².